The first-order valence-corrected chi connectivity index (χ1v) is 3.21. The Morgan fingerprint density at radius 3 is 2.17 bits per heavy atom. The van der Waals surface area contributed by atoms with Crippen molar-refractivity contribution < 1.29 is 23.4 Å². The van der Waals surface area contributed by atoms with Crippen LogP contribution in [0.25, 0.3) is 0 Å². The van der Waals surface area contributed by atoms with Gasteiger partial charge in [0.15, 0.2) is 0 Å². The number of allylic oxidation sites excluding steroid dienone is 2. The maximum atomic E-state index is 12.1. The van der Waals surface area contributed by atoms with Gasteiger partial charge in [0.25, 0.3) is 0 Å². The monoisotopic (exact) mass is 180 g/mol. The lowest BCUT2D eigenvalue weighted by Gasteiger charge is -2.31. The van der Waals surface area contributed by atoms with Gasteiger partial charge in [0.05, 0.1) is 0 Å². The molecule has 2 atom stereocenters. The summed E-state index contributed by atoms with van der Waals surface area (Å²) in [7, 11) is 0. The van der Waals surface area contributed by atoms with Crippen LogP contribution in [0, 0.1) is 0 Å². The Morgan fingerprint density at radius 1 is 1.25 bits per heavy atom. The fraction of sp³-hybridized carbons (Fsp3) is 0.429. The van der Waals surface area contributed by atoms with Gasteiger partial charge in [0.1, 0.15) is 6.10 Å². The lowest BCUT2D eigenvalue weighted by atomic mass is 9.92. The molecule has 0 aromatic rings. The van der Waals surface area contributed by atoms with E-state index in [1.807, 2.05) is 0 Å². The van der Waals surface area contributed by atoms with Crippen LogP contribution in [0.2, 0.25) is 0 Å². The van der Waals surface area contributed by atoms with Gasteiger partial charge in [-0.1, -0.05) is 18.2 Å². The molecule has 0 amide bonds. The van der Waals surface area contributed by atoms with E-state index in [9.17, 15) is 13.2 Å². The number of aliphatic hydroxyl groups excluding tert-OH is 1. The fourth-order valence-electron chi connectivity index (χ4n) is 0.879. The zero-order chi connectivity index (χ0) is 9.41. The van der Waals surface area contributed by atoms with Crippen molar-refractivity contribution in [2.45, 2.75) is 17.9 Å². The van der Waals surface area contributed by atoms with E-state index in [0.29, 0.717) is 6.08 Å². The summed E-state index contributed by atoms with van der Waals surface area (Å²) in [6.45, 7) is 0. The van der Waals surface area contributed by atoms with Crippen molar-refractivity contribution >= 4 is 0 Å². The van der Waals surface area contributed by atoms with Crippen LogP contribution in [0.15, 0.2) is 24.3 Å². The topological polar surface area (TPSA) is 40.5 Å². The summed E-state index contributed by atoms with van der Waals surface area (Å²) in [4.78, 5) is 0. The number of hydrogen-bond donors (Lipinski definition) is 2. The van der Waals surface area contributed by atoms with Crippen molar-refractivity contribution in [3.05, 3.63) is 24.3 Å². The molecule has 68 valence electrons. The Bertz CT molecular complexity index is 231. The lowest BCUT2D eigenvalue weighted by molar-refractivity contribution is -0.262. The highest BCUT2D eigenvalue weighted by molar-refractivity contribution is 5.24. The van der Waals surface area contributed by atoms with Crippen molar-refractivity contribution in [1.82, 2.24) is 0 Å². The van der Waals surface area contributed by atoms with Crippen LogP contribution < -0.4 is 0 Å². The molecule has 0 aliphatic heterocycles. The van der Waals surface area contributed by atoms with Crippen molar-refractivity contribution in [2.75, 3.05) is 0 Å². The van der Waals surface area contributed by atoms with Crippen molar-refractivity contribution in [1.29, 1.82) is 0 Å². The van der Waals surface area contributed by atoms with Crippen LogP contribution >= 0.6 is 0 Å². The molecular formula is C7H7F3O2. The molecule has 12 heavy (non-hydrogen) atoms. The third-order valence-electron chi connectivity index (χ3n) is 1.66. The van der Waals surface area contributed by atoms with Crippen LogP contribution in [0.1, 0.15) is 0 Å². The van der Waals surface area contributed by atoms with Crippen LogP contribution in [0.4, 0.5) is 13.2 Å². The first kappa shape index (κ1) is 9.28. The summed E-state index contributed by atoms with van der Waals surface area (Å²) in [6, 6.07) is 0. The van der Waals surface area contributed by atoms with Gasteiger partial charge in [0.2, 0.25) is 5.60 Å². The van der Waals surface area contributed by atoms with Crippen molar-refractivity contribution in [3.8, 4) is 0 Å². The molecule has 1 rings (SSSR count). The third kappa shape index (κ3) is 1.25. The summed E-state index contributed by atoms with van der Waals surface area (Å²) in [5, 5.41) is 17.8. The summed E-state index contributed by atoms with van der Waals surface area (Å²) in [5.41, 5.74) is -3.14. The van der Waals surface area contributed by atoms with E-state index in [-0.39, 0.29) is 0 Å². The second kappa shape index (κ2) is 2.60. The van der Waals surface area contributed by atoms with Crippen LogP contribution in [-0.2, 0) is 0 Å². The summed E-state index contributed by atoms with van der Waals surface area (Å²) >= 11 is 0. The predicted molar refractivity (Wildman–Crippen MR) is 35.3 cm³/mol. The highest BCUT2D eigenvalue weighted by atomic mass is 19.4. The molecule has 0 saturated heterocycles. The molecule has 0 aromatic heterocycles. The highest BCUT2D eigenvalue weighted by Gasteiger charge is 2.56. The van der Waals surface area contributed by atoms with Gasteiger partial charge < -0.3 is 10.2 Å². The summed E-state index contributed by atoms with van der Waals surface area (Å²) in [5.74, 6) is 0. The van der Waals surface area contributed by atoms with Crippen LogP contribution in [0.5, 0.6) is 0 Å². The Balaban J connectivity index is 2.99. The number of rotatable bonds is 0. The zero-order valence-electron chi connectivity index (χ0n) is 5.92. The lowest BCUT2D eigenvalue weighted by Crippen LogP contribution is -2.52. The van der Waals surface area contributed by atoms with E-state index in [1.165, 1.54) is 6.08 Å². The first-order valence-electron chi connectivity index (χ1n) is 3.21. The van der Waals surface area contributed by atoms with E-state index < -0.39 is 17.9 Å². The summed E-state index contributed by atoms with van der Waals surface area (Å²) < 4.78 is 36.2. The normalized spacial score (nSPS) is 35.6. The van der Waals surface area contributed by atoms with E-state index in [1.54, 1.807) is 0 Å². The molecule has 0 heterocycles. The van der Waals surface area contributed by atoms with Crippen molar-refractivity contribution in [2.24, 2.45) is 0 Å². The second-order valence-electron chi connectivity index (χ2n) is 2.51. The maximum Gasteiger partial charge on any atom is 0.423 e. The molecule has 2 unspecified atom stereocenters. The maximum absolute atomic E-state index is 12.1. The number of hydrogen-bond acceptors (Lipinski definition) is 2. The largest absolute Gasteiger partial charge is 0.423 e. The van der Waals surface area contributed by atoms with Crippen LogP contribution in [-0.4, -0.2) is 28.1 Å². The molecule has 0 fully saturated rings. The minimum atomic E-state index is -4.85. The van der Waals surface area contributed by atoms with E-state index >= 15 is 0 Å². The van der Waals surface area contributed by atoms with Gasteiger partial charge in [-0.15, -0.1) is 0 Å². The second-order valence-corrected chi connectivity index (χ2v) is 2.51. The Morgan fingerprint density at radius 2 is 1.83 bits per heavy atom. The Hall–Kier alpha value is -0.810. The number of alkyl halides is 3. The Labute approximate surface area is 66.6 Å². The molecule has 1 aliphatic rings. The molecule has 2 nitrogen and oxygen atoms in total. The molecule has 0 radical (unpaired) electrons. The van der Waals surface area contributed by atoms with Gasteiger partial charge in [-0.25, -0.2) is 0 Å². The average molecular weight is 180 g/mol. The van der Waals surface area contributed by atoms with Crippen molar-refractivity contribution in [3.63, 3.8) is 0 Å². The molecule has 0 spiro atoms. The van der Waals surface area contributed by atoms with E-state index in [4.69, 9.17) is 10.2 Å². The third-order valence-corrected chi connectivity index (χ3v) is 1.66. The standard InChI is InChI=1S/C7H7F3O2/c8-7(9,10)6(12)4-2-1-3-5(6)11/h1-5,11-12H. The zero-order valence-corrected chi connectivity index (χ0v) is 5.92. The van der Waals surface area contributed by atoms with Gasteiger partial charge >= 0.3 is 6.18 Å². The molecule has 5 heteroatoms. The van der Waals surface area contributed by atoms with Gasteiger partial charge in [-0.2, -0.15) is 13.2 Å². The molecule has 1 aliphatic carbocycles. The van der Waals surface area contributed by atoms with E-state index in [2.05, 4.69) is 0 Å². The minimum absolute atomic E-state index is 0.525. The minimum Gasteiger partial charge on any atom is -0.385 e. The quantitative estimate of drug-likeness (QED) is 0.578. The molecule has 0 aromatic carbocycles. The highest BCUT2D eigenvalue weighted by Crippen LogP contribution is 2.36. The molecule has 2 N–H and O–H groups in total. The Kier molecular flexibility index (Phi) is 2.01. The first-order chi connectivity index (χ1) is 5.38. The molecule has 0 saturated carbocycles. The number of aliphatic hydroxyl groups is 2. The predicted octanol–water partition coefficient (Wildman–Crippen LogP) is 0.767. The SMILES string of the molecule is OC1C=CC=CC1(O)C(F)(F)F. The number of halogens is 3. The smallest absolute Gasteiger partial charge is 0.385 e. The molecular weight excluding hydrogens is 173 g/mol. The molecule has 0 bridgehead atoms. The van der Waals surface area contributed by atoms with Gasteiger partial charge in [-0.05, 0) is 6.08 Å². The fourth-order valence-corrected chi connectivity index (χ4v) is 0.879. The van der Waals surface area contributed by atoms with Crippen LogP contribution in [0.3, 0.4) is 0 Å². The average Bonchev–Trinajstić information content (AvgIpc) is 1.93. The summed E-state index contributed by atoms with van der Waals surface area (Å²) in [6.07, 6.45) is -3.09. The van der Waals surface area contributed by atoms with E-state index in [0.717, 1.165) is 12.2 Å². The van der Waals surface area contributed by atoms with Gasteiger partial charge in [-0.3, -0.25) is 0 Å². The van der Waals surface area contributed by atoms with Gasteiger partial charge in [0, 0.05) is 0 Å².